The molecule has 2 aromatic carbocycles. The Morgan fingerprint density at radius 2 is 1.00 bits per heavy atom. The lowest BCUT2D eigenvalue weighted by atomic mass is 9.83. The van der Waals surface area contributed by atoms with E-state index in [9.17, 15) is 10.2 Å². The number of benzene rings is 2. The third-order valence-electron chi connectivity index (χ3n) is 4.67. The Labute approximate surface area is 184 Å². The van der Waals surface area contributed by atoms with Crippen LogP contribution < -0.4 is 0 Å². The fourth-order valence-corrected chi connectivity index (χ4v) is 3.16. The molecular weight excluding hydrogens is 442 g/mol. The maximum absolute atomic E-state index is 10.1. The number of hydrogen-bond acceptors (Lipinski definition) is 4. The van der Waals surface area contributed by atoms with Gasteiger partial charge in [0.05, 0.1) is 21.1 Å². The molecule has 0 bridgehead atoms. The van der Waals surface area contributed by atoms with Gasteiger partial charge >= 0.3 is 0 Å². The third kappa shape index (κ3) is 5.12. The maximum atomic E-state index is 10.1. The molecule has 8 heteroatoms. The monoisotopic (exact) mass is 460 g/mol. The van der Waals surface area contributed by atoms with Gasteiger partial charge in [-0.05, 0) is 52.0 Å². The molecule has 0 unspecified atom stereocenters. The summed E-state index contributed by atoms with van der Waals surface area (Å²) in [5, 5.41) is 21.3. The van der Waals surface area contributed by atoms with Gasteiger partial charge in [0.1, 0.15) is 11.5 Å². The highest BCUT2D eigenvalue weighted by molar-refractivity contribution is 6.36. The predicted molar refractivity (Wildman–Crippen MR) is 120 cm³/mol. The molecule has 0 radical (unpaired) electrons. The Kier molecular flexibility index (Phi) is 6.93. The van der Waals surface area contributed by atoms with E-state index in [0.717, 1.165) is 0 Å². The molecule has 0 saturated heterocycles. The van der Waals surface area contributed by atoms with Crippen LogP contribution in [0.5, 0.6) is 11.5 Å². The van der Waals surface area contributed by atoms with Gasteiger partial charge in [0.15, 0.2) is 0 Å². The van der Waals surface area contributed by atoms with Gasteiger partial charge in [0.25, 0.3) is 0 Å². The van der Waals surface area contributed by atoms with Crippen LogP contribution in [0.4, 0.5) is 0 Å². The van der Waals surface area contributed by atoms with Crippen LogP contribution in [-0.4, -0.2) is 33.7 Å². The quantitative estimate of drug-likeness (QED) is 0.480. The van der Waals surface area contributed by atoms with E-state index < -0.39 is 11.1 Å². The van der Waals surface area contributed by atoms with Gasteiger partial charge < -0.3 is 10.2 Å². The zero-order valence-electron chi connectivity index (χ0n) is 15.8. The van der Waals surface area contributed by atoms with Gasteiger partial charge in [0, 0.05) is 33.6 Å². The lowest BCUT2D eigenvalue weighted by Gasteiger charge is -2.35. The van der Waals surface area contributed by atoms with E-state index in [1.807, 2.05) is 27.7 Å². The molecule has 0 fully saturated rings. The number of aliphatic imine (C=N–C) groups is 2. The molecule has 0 amide bonds. The zero-order chi connectivity index (χ0) is 21.3. The summed E-state index contributed by atoms with van der Waals surface area (Å²) in [6.07, 6.45) is 3.02. The molecule has 28 heavy (non-hydrogen) atoms. The van der Waals surface area contributed by atoms with E-state index in [-0.39, 0.29) is 21.5 Å². The first-order valence-corrected chi connectivity index (χ1v) is 9.82. The van der Waals surface area contributed by atoms with Crippen molar-refractivity contribution in [3.63, 3.8) is 0 Å². The molecule has 0 aromatic heterocycles. The number of hydrogen-bond donors (Lipinski definition) is 2. The Bertz CT molecular complexity index is 876. The molecular formula is C20H20Cl4N2O2. The van der Waals surface area contributed by atoms with Crippen molar-refractivity contribution in [3.05, 3.63) is 55.5 Å². The minimum Gasteiger partial charge on any atom is -0.506 e. The number of phenols is 2. The van der Waals surface area contributed by atoms with Crippen molar-refractivity contribution in [1.29, 1.82) is 0 Å². The Balaban J connectivity index is 2.34. The Hall–Kier alpha value is -1.46. The average Bonchev–Trinajstić information content (AvgIpc) is 2.58. The normalized spacial score (nSPS) is 13.0. The van der Waals surface area contributed by atoms with Crippen LogP contribution >= 0.6 is 46.4 Å². The van der Waals surface area contributed by atoms with Crippen molar-refractivity contribution in [1.82, 2.24) is 0 Å². The second-order valence-corrected chi connectivity index (χ2v) is 8.97. The predicted octanol–water partition coefficient (Wildman–Crippen LogP) is 6.81. The number of nitrogens with zero attached hydrogens (tertiary/aromatic N) is 2. The number of rotatable bonds is 5. The average molecular weight is 462 g/mol. The largest absolute Gasteiger partial charge is 0.506 e. The van der Waals surface area contributed by atoms with E-state index in [1.165, 1.54) is 24.6 Å². The molecule has 0 aliphatic carbocycles. The second-order valence-electron chi connectivity index (χ2n) is 7.29. The summed E-state index contributed by atoms with van der Waals surface area (Å²) in [6.45, 7) is 7.59. The van der Waals surface area contributed by atoms with Crippen molar-refractivity contribution in [2.45, 2.75) is 38.8 Å². The van der Waals surface area contributed by atoms with Gasteiger partial charge in [-0.15, -0.1) is 0 Å². The van der Waals surface area contributed by atoms with Crippen molar-refractivity contribution < 1.29 is 10.2 Å². The molecule has 0 heterocycles. The fraction of sp³-hybridized carbons (Fsp3) is 0.300. The van der Waals surface area contributed by atoms with E-state index in [1.54, 1.807) is 12.1 Å². The van der Waals surface area contributed by atoms with E-state index in [2.05, 4.69) is 9.98 Å². The van der Waals surface area contributed by atoms with E-state index >= 15 is 0 Å². The maximum Gasteiger partial charge on any atom is 0.143 e. The van der Waals surface area contributed by atoms with Crippen LogP contribution in [0.3, 0.4) is 0 Å². The van der Waals surface area contributed by atoms with Crippen molar-refractivity contribution in [2.75, 3.05) is 0 Å². The summed E-state index contributed by atoms with van der Waals surface area (Å²) in [4.78, 5) is 9.16. The van der Waals surface area contributed by atoms with Crippen molar-refractivity contribution in [2.24, 2.45) is 9.98 Å². The molecule has 2 N–H and O–H groups in total. The topological polar surface area (TPSA) is 65.2 Å². The van der Waals surface area contributed by atoms with Crippen molar-refractivity contribution >= 4 is 58.8 Å². The standard InChI is InChI=1S/C20H20Cl4N2O2/c1-19(2,25-9-11-5-13(21)7-15(23)17(11)27)20(3,4)26-10-12-6-14(22)8-16(24)18(12)28/h5-10,27-28H,1-4H3. The van der Waals surface area contributed by atoms with Gasteiger partial charge in [-0.2, -0.15) is 0 Å². The highest BCUT2D eigenvalue weighted by atomic mass is 35.5. The van der Waals surface area contributed by atoms with Gasteiger partial charge in [-0.1, -0.05) is 46.4 Å². The van der Waals surface area contributed by atoms with E-state index in [4.69, 9.17) is 46.4 Å². The molecule has 0 aliphatic rings. The van der Waals surface area contributed by atoms with Crippen LogP contribution in [0, 0.1) is 0 Å². The zero-order valence-corrected chi connectivity index (χ0v) is 18.8. The molecule has 0 atom stereocenters. The summed E-state index contributed by atoms with van der Waals surface area (Å²) in [5.74, 6) is -0.184. The van der Waals surface area contributed by atoms with Gasteiger partial charge in [-0.3, -0.25) is 9.98 Å². The molecule has 4 nitrogen and oxygen atoms in total. The summed E-state index contributed by atoms with van der Waals surface area (Å²) >= 11 is 23.9. The molecule has 0 saturated carbocycles. The van der Waals surface area contributed by atoms with Crippen LogP contribution in [0.2, 0.25) is 20.1 Å². The van der Waals surface area contributed by atoms with Crippen LogP contribution in [-0.2, 0) is 0 Å². The molecule has 0 spiro atoms. The summed E-state index contributed by atoms with van der Waals surface area (Å²) < 4.78 is 0. The van der Waals surface area contributed by atoms with Crippen LogP contribution in [0.15, 0.2) is 34.3 Å². The molecule has 150 valence electrons. The first kappa shape index (κ1) is 22.8. The SMILES string of the molecule is CC(C)(N=Cc1cc(Cl)cc(Cl)c1O)C(C)(C)N=Cc1cc(Cl)cc(Cl)c1O. The molecule has 2 rings (SSSR count). The lowest BCUT2D eigenvalue weighted by Crippen LogP contribution is -2.42. The highest BCUT2D eigenvalue weighted by Gasteiger charge is 2.36. The lowest BCUT2D eigenvalue weighted by molar-refractivity contribution is 0.317. The minimum absolute atomic E-state index is 0.0922. The van der Waals surface area contributed by atoms with Crippen LogP contribution in [0.1, 0.15) is 38.8 Å². The highest BCUT2D eigenvalue weighted by Crippen LogP contribution is 2.34. The minimum atomic E-state index is -0.678. The number of aromatic hydroxyl groups is 2. The third-order valence-corrected chi connectivity index (χ3v) is 5.68. The van der Waals surface area contributed by atoms with Crippen molar-refractivity contribution in [3.8, 4) is 11.5 Å². The van der Waals surface area contributed by atoms with Gasteiger partial charge in [-0.25, -0.2) is 0 Å². The Morgan fingerprint density at radius 3 is 1.32 bits per heavy atom. The van der Waals surface area contributed by atoms with E-state index in [0.29, 0.717) is 21.2 Å². The molecule has 0 aliphatic heterocycles. The number of phenolic OH excluding ortho intramolecular Hbond substituents is 2. The second kappa shape index (κ2) is 8.50. The first-order valence-electron chi connectivity index (χ1n) is 8.30. The Morgan fingerprint density at radius 1 is 0.679 bits per heavy atom. The number of halogens is 4. The summed E-state index contributed by atoms with van der Waals surface area (Å²) in [6, 6.07) is 6.06. The fourth-order valence-electron chi connectivity index (χ4n) is 2.15. The smallest absolute Gasteiger partial charge is 0.143 e. The first-order chi connectivity index (χ1) is 12.8. The summed E-state index contributed by atoms with van der Waals surface area (Å²) in [5.41, 5.74) is -0.542. The van der Waals surface area contributed by atoms with Gasteiger partial charge in [0.2, 0.25) is 0 Å². The van der Waals surface area contributed by atoms with Crippen LogP contribution in [0.25, 0.3) is 0 Å². The summed E-state index contributed by atoms with van der Waals surface area (Å²) in [7, 11) is 0. The molecule has 2 aromatic rings.